The standard InChI is InChI=1S/C14H10O2.BrH/c15-13(11-7-3-1-4-8-11)14(16)12-9-5-2-6-10-12;/h1-10H;1H/p-1. The average molecular weight is 290 g/mol. The molecule has 0 aromatic heterocycles. The predicted octanol–water partition coefficient (Wildman–Crippen LogP) is -0.244. The molecule has 0 heterocycles. The van der Waals surface area contributed by atoms with Crippen LogP contribution in [0, 0.1) is 0 Å². The van der Waals surface area contributed by atoms with Crippen LogP contribution in [0.5, 0.6) is 0 Å². The van der Waals surface area contributed by atoms with Gasteiger partial charge in [-0.3, -0.25) is 9.59 Å². The molecule has 3 heteroatoms. The van der Waals surface area contributed by atoms with Gasteiger partial charge in [0.2, 0.25) is 11.6 Å². The van der Waals surface area contributed by atoms with Crippen LogP contribution in [0.3, 0.4) is 0 Å². The van der Waals surface area contributed by atoms with Gasteiger partial charge in [0.05, 0.1) is 0 Å². The van der Waals surface area contributed by atoms with Gasteiger partial charge in [0.1, 0.15) is 0 Å². The lowest BCUT2D eigenvalue weighted by atomic mass is 10.0. The highest BCUT2D eigenvalue weighted by Crippen LogP contribution is 2.07. The quantitative estimate of drug-likeness (QED) is 0.577. The maximum atomic E-state index is 11.8. The van der Waals surface area contributed by atoms with Gasteiger partial charge in [0.25, 0.3) is 0 Å². The van der Waals surface area contributed by atoms with Crippen molar-refractivity contribution in [2.75, 3.05) is 0 Å². The van der Waals surface area contributed by atoms with E-state index in [9.17, 15) is 9.59 Å². The van der Waals surface area contributed by atoms with Crippen LogP contribution in [0.2, 0.25) is 0 Å². The molecule has 0 amide bonds. The summed E-state index contributed by atoms with van der Waals surface area (Å²) in [6, 6.07) is 17.2. The Morgan fingerprint density at radius 1 is 0.588 bits per heavy atom. The van der Waals surface area contributed by atoms with E-state index in [4.69, 9.17) is 0 Å². The van der Waals surface area contributed by atoms with Gasteiger partial charge < -0.3 is 17.0 Å². The molecule has 0 atom stereocenters. The molecule has 0 radical (unpaired) electrons. The van der Waals surface area contributed by atoms with E-state index in [0.717, 1.165) is 0 Å². The third-order valence-electron chi connectivity index (χ3n) is 2.28. The number of rotatable bonds is 3. The van der Waals surface area contributed by atoms with Crippen LogP contribution in [0.4, 0.5) is 0 Å². The number of Topliss-reactive ketones (excluding diaryl/α,β-unsaturated/α-hetero) is 2. The molecule has 0 unspecified atom stereocenters. The van der Waals surface area contributed by atoms with E-state index >= 15 is 0 Å². The van der Waals surface area contributed by atoms with Gasteiger partial charge in [-0.05, 0) is 0 Å². The van der Waals surface area contributed by atoms with Crippen LogP contribution in [0.1, 0.15) is 20.7 Å². The van der Waals surface area contributed by atoms with Crippen molar-refractivity contribution in [2.45, 2.75) is 0 Å². The first-order chi connectivity index (χ1) is 7.79. The largest absolute Gasteiger partial charge is 1.00 e. The van der Waals surface area contributed by atoms with Crippen molar-refractivity contribution in [2.24, 2.45) is 0 Å². The molecule has 0 aliphatic carbocycles. The van der Waals surface area contributed by atoms with Crippen molar-refractivity contribution in [3.05, 3.63) is 71.8 Å². The number of ketones is 2. The minimum absolute atomic E-state index is 0. The molecule has 2 aromatic rings. The number of hydrogen-bond donors (Lipinski definition) is 0. The topological polar surface area (TPSA) is 34.1 Å². The van der Waals surface area contributed by atoms with Crippen LogP contribution in [-0.2, 0) is 0 Å². The summed E-state index contributed by atoms with van der Waals surface area (Å²) in [5.74, 6) is -0.932. The molecule has 2 nitrogen and oxygen atoms in total. The van der Waals surface area contributed by atoms with Crippen LogP contribution in [-0.4, -0.2) is 11.6 Å². The highest BCUT2D eigenvalue weighted by molar-refractivity contribution is 6.49. The van der Waals surface area contributed by atoms with E-state index in [1.165, 1.54) is 0 Å². The fourth-order valence-corrected chi connectivity index (χ4v) is 1.44. The van der Waals surface area contributed by atoms with Gasteiger partial charge in [-0.25, -0.2) is 0 Å². The number of carbonyl (C=O) groups is 2. The van der Waals surface area contributed by atoms with Gasteiger partial charge in [0.15, 0.2) is 0 Å². The van der Waals surface area contributed by atoms with E-state index in [1.807, 2.05) is 12.1 Å². The Labute approximate surface area is 110 Å². The second-order valence-corrected chi connectivity index (χ2v) is 3.39. The minimum atomic E-state index is -0.466. The molecule has 17 heavy (non-hydrogen) atoms. The molecular weight excluding hydrogens is 280 g/mol. The molecule has 0 saturated carbocycles. The monoisotopic (exact) mass is 289 g/mol. The highest BCUT2D eigenvalue weighted by Gasteiger charge is 2.16. The van der Waals surface area contributed by atoms with Crippen molar-refractivity contribution in [3.63, 3.8) is 0 Å². The second-order valence-electron chi connectivity index (χ2n) is 3.39. The first-order valence-corrected chi connectivity index (χ1v) is 4.98. The summed E-state index contributed by atoms with van der Waals surface area (Å²) in [4.78, 5) is 23.6. The lowest BCUT2D eigenvalue weighted by Gasteiger charge is -1.99. The van der Waals surface area contributed by atoms with E-state index in [-0.39, 0.29) is 17.0 Å². The Balaban J connectivity index is 0.00000144. The molecule has 0 aliphatic rings. The van der Waals surface area contributed by atoms with Crippen LogP contribution in [0.25, 0.3) is 0 Å². The lowest BCUT2D eigenvalue weighted by Crippen LogP contribution is -3.00. The molecule has 0 spiro atoms. The van der Waals surface area contributed by atoms with Crippen LogP contribution < -0.4 is 17.0 Å². The van der Waals surface area contributed by atoms with Crippen molar-refractivity contribution in [3.8, 4) is 0 Å². The average Bonchev–Trinajstić information content (AvgIpc) is 2.39. The summed E-state index contributed by atoms with van der Waals surface area (Å²) in [5, 5.41) is 0. The molecule has 0 fully saturated rings. The zero-order chi connectivity index (χ0) is 11.4. The molecule has 0 saturated heterocycles. The number of hydrogen-bond acceptors (Lipinski definition) is 2. The van der Waals surface area contributed by atoms with E-state index in [0.29, 0.717) is 11.1 Å². The SMILES string of the molecule is O=C(C(=O)c1ccccc1)c1ccccc1.[Br-]. The summed E-state index contributed by atoms with van der Waals surface area (Å²) in [6.07, 6.45) is 0. The van der Waals surface area contributed by atoms with Crippen molar-refractivity contribution >= 4 is 11.6 Å². The predicted molar refractivity (Wildman–Crippen MR) is 61.5 cm³/mol. The van der Waals surface area contributed by atoms with E-state index < -0.39 is 11.6 Å². The zero-order valence-electron chi connectivity index (χ0n) is 8.97. The summed E-state index contributed by atoms with van der Waals surface area (Å²) in [5.41, 5.74) is 0.854. The molecule has 86 valence electrons. The lowest BCUT2D eigenvalue weighted by molar-refractivity contribution is -0.0000146. The molecule has 2 rings (SSSR count). The summed E-state index contributed by atoms with van der Waals surface area (Å²) in [6.45, 7) is 0. The maximum absolute atomic E-state index is 11.8. The number of benzene rings is 2. The summed E-state index contributed by atoms with van der Waals surface area (Å²) in [7, 11) is 0. The second kappa shape index (κ2) is 6.11. The Morgan fingerprint density at radius 3 is 1.18 bits per heavy atom. The van der Waals surface area contributed by atoms with Crippen molar-refractivity contribution in [1.82, 2.24) is 0 Å². The van der Waals surface area contributed by atoms with Gasteiger partial charge in [0, 0.05) is 11.1 Å². The highest BCUT2D eigenvalue weighted by atomic mass is 79.9. The maximum Gasteiger partial charge on any atom is 0.233 e. The molecule has 0 bridgehead atoms. The Morgan fingerprint density at radius 2 is 0.882 bits per heavy atom. The third kappa shape index (κ3) is 3.11. The van der Waals surface area contributed by atoms with Gasteiger partial charge in [-0.2, -0.15) is 0 Å². The first kappa shape index (κ1) is 13.3. The van der Waals surface area contributed by atoms with E-state index in [2.05, 4.69) is 0 Å². The van der Waals surface area contributed by atoms with Gasteiger partial charge in [-0.1, -0.05) is 60.7 Å². The number of carbonyl (C=O) groups excluding carboxylic acids is 2. The molecule has 2 aromatic carbocycles. The number of halogens is 1. The summed E-state index contributed by atoms with van der Waals surface area (Å²) >= 11 is 0. The van der Waals surface area contributed by atoms with Crippen molar-refractivity contribution < 1.29 is 26.6 Å². The fourth-order valence-electron chi connectivity index (χ4n) is 1.44. The van der Waals surface area contributed by atoms with Gasteiger partial charge >= 0.3 is 0 Å². The third-order valence-corrected chi connectivity index (χ3v) is 2.28. The Bertz CT molecular complexity index is 457. The van der Waals surface area contributed by atoms with E-state index in [1.54, 1.807) is 48.5 Å². The molecule has 0 N–H and O–H groups in total. The summed E-state index contributed by atoms with van der Waals surface area (Å²) < 4.78 is 0. The van der Waals surface area contributed by atoms with Crippen LogP contribution in [0.15, 0.2) is 60.7 Å². The zero-order valence-corrected chi connectivity index (χ0v) is 10.6. The Kier molecular flexibility index (Phi) is 4.79. The minimum Gasteiger partial charge on any atom is -1.00 e. The van der Waals surface area contributed by atoms with Crippen molar-refractivity contribution in [1.29, 1.82) is 0 Å². The first-order valence-electron chi connectivity index (χ1n) is 4.98. The fraction of sp³-hybridized carbons (Fsp3) is 0. The Hall–Kier alpha value is -1.74. The smallest absolute Gasteiger partial charge is 0.233 e. The van der Waals surface area contributed by atoms with Gasteiger partial charge in [-0.15, -0.1) is 0 Å². The molecule has 0 aliphatic heterocycles. The molecular formula is C14H10BrO2-. The normalized spacial score (nSPS) is 9.18. The van der Waals surface area contributed by atoms with Crippen LogP contribution >= 0.6 is 0 Å².